The second-order valence-electron chi connectivity index (χ2n) is 12.8. The molecule has 5 rings (SSSR count). The standard InChI is InChI=1S/C35H43ClFN5O6S/c1-22(2)48-31-19-24(16-17-38-31)32(23-10-12-25(36)13-11-23)33(40-35(44)47-4)34(43)39-30-9-5-8-29(37)28(30)15-14-27-20-41(3)26-7-6-18-49(45,46)42(27)21-26/h5,8-13,16-17,19,22,26-27,32-33H,6-7,14-15,18,20-21H2,1-4H3,(H,39,43)(H,40,44). The molecule has 5 unspecified atom stereocenters. The zero-order valence-electron chi connectivity index (χ0n) is 28.1. The Morgan fingerprint density at radius 1 is 1.10 bits per heavy atom. The van der Waals surface area contributed by atoms with Crippen molar-refractivity contribution in [1.82, 2.24) is 19.5 Å². The van der Waals surface area contributed by atoms with E-state index in [0.29, 0.717) is 48.0 Å². The van der Waals surface area contributed by atoms with Crippen LogP contribution in [0.1, 0.15) is 55.7 Å². The fourth-order valence-electron chi connectivity index (χ4n) is 6.68. The second-order valence-corrected chi connectivity index (χ2v) is 15.3. The van der Waals surface area contributed by atoms with Gasteiger partial charge in [0.15, 0.2) is 0 Å². The van der Waals surface area contributed by atoms with Crippen molar-refractivity contribution in [3.8, 4) is 5.88 Å². The highest BCUT2D eigenvalue weighted by Gasteiger charge is 2.40. The lowest BCUT2D eigenvalue weighted by Gasteiger charge is -2.42. The third-order valence-corrected chi connectivity index (χ3v) is 11.3. The highest BCUT2D eigenvalue weighted by Crippen LogP contribution is 2.33. The molecule has 3 heterocycles. The molecule has 0 radical (unpaired) electrons. The fraction of sp³-hybridized carbons (Fsp3) is 0.457. The number of carbonyl (C=O) groups is 2. The van der Waals surface area contributed by atoms with E-state index in [1.54, 1.807) is 53.0 Å². The third-order valence-electron chi connectivity index (χ3n) is 9.10. The van der Waals surface area contributed by atoms with Crippen LogP contribution >= 0.6 is 11.6 Å². The minimum atomic E-state index is -3.44. The summed E-state index contributed by atoms with van der Waals surface area (Å²) in [6.45, 7) is 4.68. The van der Waals surface area contributed by atoms with E-state index in [1.807, 2.05) is 20.9 Å². The second kappa shape index (κ2) is 15.8. The molecule has 49 heavy (non-hydrogen) atoms. The zero-order valence-corrected chi connectivity index (χ0v) is 29.6. The van der Waals surface area contributed by atoms with Gasteiger partial charge in [0, 0.05) is 59.6 Å². The highest BCUT2D eigenvalue weighted by molar-refractivity contribution is 7.89. The first-order valence-corrected chi connectivity index (χ1v) is 18.4. The number of amides is 2. The molecule has 2 saturated heterocycles. The maximum absolute atomic E-state index is 15.5. The average molecular weight is 716 g/mol. The predicted octanol–water partition coefficient (Wildman–Crippen LogP) is 5.20. The van der Waals surface area contributed by atoms with Crippen molar-refractivity contribution >= 4 is 39.3 Å². The first-order chi connectivity index (χ1) is 23.4. The van der Waals surface area contributed by atoms with Crippen LogP contribution in [0.4, 0.5) is 14.9 Å². The van der Waals surface area contributed by atoms with Crippen LogP contribution in [0.5, 0.6) is 5.88 Å². The number of piperazine rings is 1. The molecule has 2 amide bonds. The van der Waals surface area contributed by atoms with Crippen molar-refractivity contribution in [3.05, 3.63) is 88.3 Å². The molecular formula is C35H43ClFN5O6S. The number of hydrogen-bond donors (Lipinski definition) is 2. The molecule has 0 spiro atoms. The van der Waals surface area contributed by atoms with Crippen molar-refractivity contribution in [2.75, 3.05) is 38.3 Å². The molecule has 3 aromatic rings. The van der Waals surface area contributed by atoms with Crippen molar-refractivity contribution in [3.63, 3.8) is 0 Å². The smallest absolute Gasteiger partial charge is 0.407 e. The first kappa shape index (κ1) is 36.5. The van der Waals surface area contributed by atoms with Crippen molar-refractivity contribution < 1.29 is 31.9 Å². The number of benzene rings is 2. The lowest BCUT2D eigenvalue weighted by Crippen LogP contribution is -2.57. The Balaban J connectivity index is 1.46. The van der Waals surface area contributed by atoms with Gasteiger partial charge in [-0.05, 0) is 88.0 Å². The predicted molar refractivity (Wildman–Crippen MR) is 186 cm³/mol. The number of aromatic nitrogens is 1. The number of anilines is 1. The molecule has 5 atom stereocenters. The van der Waals surface area contributed by atoms with Crippen molar-refractivity contribution in [1.29, 1.82) is 0 Å². The van der Waals surface area contributed by atoms with Gasteiger partial charge in [0.2, 0.25) is 21.8 Å². The molecule has 2 N–H and O–H groups in total. The largest absolute Gasteiger partial charge is 0.475 e. The van der Waals surface area contributed by atoms with Gasteiger partial charge in [0.25, 0.3) is 0 Å². The number of rotatable bonds is 11. The molecule has 11 nitrogen and oxygen atoms in total. The molecule has 14 heteroatoms. The number of pyridine rings is 1. The topological polar surface area (TPSA) is 130 Å². The minimum Gasteiger partial charge on any atom is -0.475 e. The van der Waals surface area contributed by atoms with Gasteiger partial charge in [-0.3, -0.25) is 4.79 Å². The van der Waals surface area contributed by atoms with Crippen LogP contribution in [0.25, 0.3) is 0 Å². The molecule has 2 fully saturated rings. The van der Waals surface area contributed by atoms with E-state index >= 15 is 4.39 Å². The monoisotopic (exact) mass is 715 g/mol. The summed E-state index contributed by atoms with van der Waals surface area (Å²) in [5.41, 5.74) is 1.72. The molecule has 0 saturated carbocycles. The number of nitrogens with zero attached hydrogens (tertiary/aromatic N) is 3. The quantitative estimate of drug-likeness (QED) is 0.277. The van der Waals surface area contributed by atoms with Crippen LogP contribution < -0.4 is 15.4 Å². The van der Waals surface area contributed by atoms with Gasteiger partial charge >= 0.3 is 6.09 Å². The Labute approximate surface area is 292 Å². The van der Waals surface area contributed by atoms with Crippen LogP contribution in [0, 0.1) is 5.82 Å². The van der Waals surface area contributed by atoms with E-state index in [0.717, 1.165) is 6.42 Å². The van der Waals surface area contributed by atoms with Crippen LogP contribution in [0.2, 0.25) is 5.02 Å². The van der Waals surface area contributed by atoms with Crippen LogP contribution in [0.15, 0.2) is 60.8 Å². The summed E-state index contributed by atoms with van der Waals surface area (Å²) in [7, 11) is -0.248. The van der Waals surface area contributed by atoms with E-state index in [-0.39, 0.29) is 41.6 Å². The van der Waals surface area contributed by atoms with Gasteiger partial charge in [-0.1, -0.05) is 29.8 Å². The first-order valence-electron chi connectivity index (χ1n) is 16.4. The number of methoxy groups -OCH3 is 1. The molecule has 1 aromatic heterocycles. The van der Waals surface area contributed by atoms with Crippen LogP contribution in [-0.2, 0) is 26.0 Å². The molecule has 2 aromatic carbocycles. The summed E-state index contributed by atoms with van der Waals surface area (Å²) in [6.07, 6.45) is 2.50. The van der Waals surface area contributed by atoms with Gasteiger partial charge < -0.3 is 25.0 Å². The lowest BCUT2D eigenvalue weighted by molar-refractivity contribution is -0.118. The van der Waals surface area contributed by atoms with Crippen molar-refractivity contribution in [2.45, 2.75) is 69.7 Å². The van der Waals surface area contributed by atoms with E-state index in [4.69, 9.17) is 21.1 Å². The Morgan fingerprint density at radius 2 is 1.86 bits per heavy atom. The summed E-state index contributed by atoms with van der Waals surface area (Å²) in [5, 5.41) is 6.03. The van der Waals surface area contributed by atoms with Gasteiger partial charge in [-0.25, -0.2) is 22.6 Å². The summed E-state index contributed by atoms with van der Waals surface area (Å²) in [6, 6.07) is 13.3. The molecule has 264 valence electrons. The van der Waals surface area contributed by atoms with E-state index < -0.39 is 39.8 Å². The maximum atomic E-state index is 15.5. The number of nitrogens with one attached hydrogen (secondary N) is 2. The van der Waals surface area contributed by atoms with Crippen molar-refractivity contribution in [2.24, 2.45) is 0 Å². The lowest BCUT2D eigenvalue weighted by atomic mass is 9.84. The zero-order chi connectivity index (χ0) is 35.3. The molecule has 2 aliphatic rings. The fourth-order valence-corrected chi connectivity index (χ4v) is 8.60. The SMILES string of the molecule is COC(=O)NC(C(=O)Nc1cccc(F)c1CCC1CN(C)C2CCCS(=O)(=O)N1C2)C(c1ccc(Cl)cc1)c1ccnc(OC(C)C)c1. The summed E-state index contributed by atoms with van der Waals surface area (Å²) in [5.74, 6) is -1.50. The number of sulfonamides is 1. The van der Waals surface area contributed by atoms with E-state index in [2.05, 4.69) is 20.5 Å². The number of ether oxygens (including phenoxy) is 2. The Morgan fingerprint density at radius 3 is 2.57 bits per heavy atom. The average Bonchev–Trinajstić information content (AvgIpc) is 3.19. The maximum Gasteiger partial charge on any atom is 0.407 e. The minimum absolute atomic E-state index is 0.0980. The molecule has 2 bridgehead atoms. The van der Waals surface area contributed by atoms with E-state index in [1.165, 1.54) is 19.2 Å². The van der Waals surface area contributed by atoms with Gasteiger partial charge in [0.05, 0.1) is 19.0 Å². The Hall–Kier alpha value is -3.78. The summed E-state index contributed by atoms with van der Waals surface area (Å²) in [4.78, 5) is 33.5. The van der Waals surface area contributed by atoms with Gasteiger partial charge in [-0.15, -0.1) is 0 Å². The number of hydrogen-bond acceptors (Lipinski definition) is 8. The van der Waals surface area contributed by atoms with E-state index in [9.17, 15) is 18.0 Å². The number of likely N-dealkylation sites (N-methyl/N-ethyl adjacent to an activating group) is 1. The van der Waals surface area contributed by atoms with Crippen LogP contribution in [0.3, 0.4) is 0 Å². The van der Waals surface area contributed by atoms with Gasteiger partial charge in [0.1, 0.15) is 11.9 Å². The number of alkyl carbamates (subject to hydrolysis) is 1. The number of halogens is 2. The third kappa shape index (κ3) is 8.88. The van der Waals surface area contributed by atoms with Crippen LogP contribution in [-0.4, -0.2) is 91.8 Å². The normalized spacial score (nSPS) is 21.7. The Kier molecular flexibility index (Phi) is 11.8. The summed E-state index contributed by atoms with van der Waals surface area (Å²) < 4.78 is 54.1. The Bertz CT molecular complexity index is 1740. The highest BCUT2D eigenvalue weighted by atomic mass is 35.5. The summed E-state index contributed by atoms with van der Waals surface area (Å²) >= 11 is 6.21. The number of carbonyl (C=O) groups excluding carboxylic acids is 2. The van der Waals surface area contributed by atoms with Gasteiger partial charge in [-0.2, -0.15) is 4.31 Å². The number of fused-ring (bicyclic) bond motifs is 2. The molecule has 0 aliphatic carbocycles. The molecule has 2 aliphatic heterocycles. The molecular weight excluding hydrogens is 673 g/mol.